The number of rotatable bonds is 2. The number of sulfonamides is 1. The van der Waals surface area contributed by atoms with Crippen LogP contribution in [0.1, 0.15) is 24.2 Å². The molecule has 7 heteroatoms. The quantitative estimate of drug-likeness (QED) is 0.809. The monoisotopic (exact) mass is 282 g/mol. The molecule has 1 atom stereocenters. The summed E-state index contributed by atoms with van der Waals surface area (Å²) in [5.74, 6) is -0.208. The van der Waals surface area contributed by atoms with Crippen LogP contribution < -0.4 is 0 Å². The summed E-state index contributed by atoms with van der Waals surface area (Å²) in [4.78, 5) is 0.286. The summed E-state index contributed by atoms with van der Waals surface area (Å²) >= 11 is 0. The molecule has 2 heterocycles. The van der Waals surface area contributed by atoms with E-state index < -0.39 is 10.0 Å². The zero-order valence-electron chi connectivity index (χ0n) is 11.4. The second-order valence-corrected chi connectivity index (χ2v) is 6.83. The van der Waals surface area contributed by atoms with Gasteiger partial charge >= 0.3 is 0 Å². The fourth-order valence-corrected chi connectivity index (χ4v) is 4.45. The third-order valence-electron chi connectivity index (χ3n) is 3.61. The van der Waals surface area contributed by atoms with Crippen molar-refractivity contribution in [1.82, 2.24) is 14.1 Å². The van der Waals surface area contributed by atoms with Crippen molar-refractivity contribution < 1.29 is 8.42 Å². The van der Waals surface area contributed by atoms with Crippen molar-refractivity contribution in [3.05, 3.63) is 11.4 Å². The molecule has 0 amide bonds. The number of hydrogen-bond acceptors (Lipinski definition) is 4. The van der Waals surface area contributed by atoms with Gasteiger partial charge in [0.15, 0.2) is 0 Å². The summed E-state index contributed by atoms with van der Waals surface area (Å²) in [7, 11) is -1.81. The second-order valence-electron chi connectivity index (χ2n) is 4.95. The van der Waals surface area contributed by atoms with E-state index in [2.05, 4.69) is 11.2 Å². The lowest BCUT2D eigenvalue weighted by Crippen LogP contribution is -2.39. The van der Waals surface area contributed by atoms with Crippen molar-refractivity contribution in [2.24, 2.45) is 13.0 Å². The van der Waals surface area contributed by atoms with Crippen LogP contribution in [-0.2, 0) is 17.1 Å². The first-order valence-corrected chi connectivity index (χ1v) is 7.72. The van der Waals surface area contributed by atoms with E-state index in [1.165, 1.54) is 4.31 Å². The molecule has 0 aliphatic carbocycles. The van der Waals surface area contributed by atoms with Gasteiger partial charge in [0.2, 0.25) is 10.0 Å². The Hall–Kier alpha value is -1.39. The van der Waals surface area contributed by atoms with E-state index in [1.54, 1.807) is 25.6 Å². The predicted molar refractivity (Wildman–Crippen MR) is 69.8 cm³/mol. The Morgan fingerprint density at radius 2 is 2.11 bits per heavy atom. The zero-order chi connectivity index (χ0) is 14.2. The molecule has 0 bridgehead atoms. The molecule has 1 aliphatic heterocycles. The van der Waals surface area contributed by atoms with Gasteiger partial charge in [-0.15, -0.1) is 0 Å². The second kappa shape index (κ2) is 4.94. The largest absolute Gasteiger partial charge is 0.271 e. The van der Waals surface area contributed by atoms with Crippen LogP contribution in [0.15, 0.2) is 4.90 Å². The van der Waals surface area contributed by atoms with Gasteiger partial charge in [-0.3, -0.25) is 4.68 Å². The van der Waals surface area contributed by atoms with Gasteiger partial charge in [0.1, 0.15) is 4.90 Å². The molecule has 0 spiro atoms. The number of nitrogens with zero attached hydrogens (tertiary/aromatic N) is 4. The third kappa shape index (κ3) is 2.38. The highest BCUT2D eigenvalue weighted by molar-refractivity contribution is 7.89. The van der Waals surface area contributed by atoms with Crippen LogP contribution in [0.4, 0.5) is 0 Å². The van der Waals surface area contributed by atoms with Crippen LogP contribution >= 0.6 is 0 Å². The van der Waals surface area contributed by atoms with Crippen LogP contribution in [0.25, 0.3) is 0 Å². The summed E-state index contributed by atoms with van der Waals surface area (Å²) in [6, 6.07) is 2.16. The lowest BCUT2D eigenvalue weighted by Gasteiger charge is -2.28. The molecule has 0 saturated carbocycles. The maximum atomic E-state index is 12.7. The maximum Gasteiger partial charge on any atom is 0.246 e. The molecule has 1 aromatic rings. The molecule has 1 unspecified atom stereocenters. The summed E-state index contributed by atoms with van der Waals surface area (Å²) in [6.07, 6.45) is 1.50. The molecule has 1 fully saturated rings. The van der Waals surface area contributed by atoms with Gasteiger partial charge < -0.3 is 0 Å². The molecule has 6 nitrogen and oxygen atoms in total. The van der Waals surface area contributed by atoms with Gasteiger partial charge in [0.25, 0.3) is 0 Å². The molecule has 104 valence electrons. The van der Waals surface area contributed by atoms with E-state index in [4.69, 9.17) is 5.26 Å². The Morgan fingerprint density at radius 1 is 1.42 bits per heavy atom. The molecular formula is C12H18N4O2S. The first-order chi connectivity index (χ1) is 8.87. The van der Waals surface area contributed by atoms with Gasteiger partial charge in [-0.25, -0.2) is 8.42 Å². The maximum absolute atomic E-state index is 12.7. The number of aromatic nitrogens is 2. The summed E-state index contributed by atoms with van der Waals surface area (Å²) in [5.41, 5.74) is 1.15. The predicted octanol–water partition coefficient (Wildman–Crippen LogP) is 0.961. The minimum Gasteiger partial charge on any atom is -0.271 e. The Kier molecular flexibility index (Phi) is 3.65. The van der Waals surface area contributed by atoms with E-state index in [0.29, 0.717) is 17.9 Å². The minimum absolute atomic E-state index is 0.208. The first kappa shape index (κ1) is 14.0. The Balaban J connectivity index is 2.40. The van der Waals surface area contributed by atoms with E-state index in [1.807, 2.05) is 0 Å². The molecule has 1 aliphatic rings. The van der Waals surface area contributed by atoms with E-state index in [0.717, 1.165) is 12.8 Å². The minimum atomic E-state index is -3.55. The van der Waals surface area contributed by atoms with Crippen LogP contribution in [-0.4, -0.2) is 35.6 Å². The number of aryl methyl sites for hydroxylation is 2. The smallest absolute Gasteiger partial charge is 0.246 e. The van der Waals surface area contributed by atoms with E-state index in [-0.39, 0.29) is 17.4 Å². The lowest BCUT2D eigenvalue weighted by atomic mass is 10.0. The van der Waals surface area contributed by atoms with Crippen molar-refractivity contribution in [3.63, 3.8) is 0 Å². The summed E-state index contributed by atoms with van der Waals surface area (Å²) in [5, 5.41) is 13.1. The molecule has 1 saturated heterocycles. The van der Waals surface area contributed by atoms with Gasteiger partial charge in [0.05, 0.1) is 23.4 Å². The fourth-order valence-electron chi connectivity index (χ4n) is 2.52. The number of piperidine rings is 1. The average molecular weight is 282 g/mol. The topological polar surface area (TPSA) is 79.0 Å². The van der Waals surface area contributed by atoms with E-state index >= 15 is 0 Å². The Bertz CT molecular complexity index is 627. The van der Waals surface area contributed by atoms with Crippen molar-refractivity contribution in [1.29, 1.82) is 5.26 Å². The lowest BCUT2D eigenvalue weighted by molar-refractivity contribution is 0.305. The Morgan fingerprint density at radius 3 is 2.63 bits per heavy atom. The highest BCUT2D eigenvalue weighted by Gasteiger charge is 2.33. The van der Waals surface area contributed by atoms with Gasteiger partial charge in [-0.2, -0.15) is 14.7 Å². The van der Waals surface area contributed by atoms with Crippen molar-refractivity contribution in [3.8, 4) is 6.07 Å². The summed E-state index contributed by atoms with van der Waals surface area (Å²) < 4.78 is 28.3. The van der Waals surface area contributed by atoms with Crippen LogP contribution in [0.2, 0.25) is 0 Å². The SMILES string of the molecule is Cc1nn(C)c(C)c1S(=O)(=O)N1CCCC(C#N)C1. The molecule has 0 aromatic carbocycles. The van der Waals surface area contributed by atoms with Crippen molar-refractivity contribution in [2.75, 3.05) is 13.1 Å². The number of hydrogen-bond donors (Lipinski definition) is 0. The third-order valence-corrected chi connectivity index (χ3v) is 5.73. The average Bonchev–Trinajstić information content (AvgIpc) is 2.63. The molecular weight excluding hydrogens is 264 g/mol. The normalized spacial score (nSPS) is 21.3. The fraction of sp³-hybridized carbons (Fsp3) is 0.667. The molecule has 2 rings (SSSR count). The zero-order valence-corrected chi connectivity index (χ0v) is 12.2. The molecule has 1 aromatic heterocycles. The highest BCUT2D eigenvalue weighted by atomic mass is 32.2. The van der Waals surface area contributed by atoms with E-state index in [9.17, 15) is 8.42 Å². The van der Waals surface area contributed by atoms with Gasteiger partial charge in [-0.05, 0) is 26.7 Å². The Labute approximate surface area is 113 Å². The van der Waals surface area contributed by atoms with Crippen molar-refractivity contribution >= 4 is 10.0 Å². The molecule has 0 radical (unpaired) electrons. The standard InChI is InChI=1S/C12H18N4O2S/c1-9-12(10(2)15(3)14-9)19(17,18)16-6-4-5-11(7-13)8-16/h11H,4-6,8H2,1-3H3. The number of nitriles is 1. The van der Waals surface area contributed by atoms with Crippen LogP contribution in [0.3, 0.4) is 0 Å². The van der Waals surface area contributed by atoms with Crippen molar-refractivity contribution in [2.45, 2.75) is 31.6 Å². The highest BCUT2D eigenvalue weighted by Crippen LogP contribution is 2.27. The van der Waals surface area contributed by atoms with Crippen LogP contribution in [0.5, 0.6) is 0 Å². The molecule has 19 heavy (non-hydrogen) atoms. The summed E-state index contributed by atoms with van der Waals surface area (Å²) in [6.45, 7) is 4.21. The van der Waals surface area contributed by atoms with Gasteiger partial charge in [0, 0.05) is 20.1 Å². The molecule has 0 N–H and O–H groups in total. The van der Waals surface area contributed by atoms with Crippen LogP contribution in [0, 0.1) is 31.1 Å². The van der Waals surface area contributed by atoms with Gasteiger partial charge in [-0.1, -0.05) is 0 Å². The first-order valence-electron chi connectivity index (χ1n) is 6.28.